The summed E-state index contributed by atoms with van der Waals surface area (Å²) in [6, 6.07) is -1.03. The average molecular weight is 231 g/mol. The molecule has 1 rings (SSSR count). The molecule has 80 valence electrons. The molecule has 0 radical (unpaired) electrons. The van der Waals surface area contributed by atoms with Crippen LogP contribution in [-0.2, 0) is 0 Å². The van der Waals surface area contributed by atoms with E-state index in [4.69, 9.17) is 28.8 Å². The van der Waals surface area contributed by atoms with Crippen LogP contribution in [0.1, 0.15) is 10.5 Å². The second-order valence-electron chi connectivity index (χ2n) is 2.45. The van der Waals surface area contributed by atoms with Crippen LogP contribution >= 0.6 is 11.6 Å². The smallest absolute Gasteiger partial charge is 0.319 e. The van der Waals surface area contributed by atoms with E-state index in [0.29, 0.717) is 0 Å². The van der Waals surface area contributed by atoms with E-state index in [0.717, 1.165) is 0 Å². The van der Waals surface area contributed by atoms with Gasteiger partial charge in [-0.25, -0.2) is 14.8 Å². The standard InChI is InChI=1S/C6H7ClN6O2/c7-2-4(9)12-3(8)1(11-2)5(14)13-6(10)15/h(H4,8,9,12)(H3,10,13,14,15). The Morgan fingerprint density at radius 3 is 2.33 bits per heavy atom. The molecule has 1 aromatic rings. The summed E-state index contributed by atoms with van der Waals surface area (Å²) < 4.78 is 0. The first-order valence-electron chi connectivity index (χ1n) is 3.61. The summed E-state index contributed by atoms with van der Waals surface area (Å²) in [6.45, 7) is 0. The van der Waals surface area contributed by atoms with Gasteiger partial charge in [-0.3, -0.25) is 10.1 Å². The van der Waals surface area contributed by atoms with Crippen molar-refractivity contribution < 1.29 is 9.59 Å². The maximum Gasteiger partial charge on any atom is 0.319 e. The van der Waals surface area contributed by atoms with Gasteiger partial charge < -0.3 is 17.2 Å². The van der Waals surface area contributed by atoms with Crippen LogP contribution in [0.4, 0.5) is 16.4 Å². The SMILES string of the molecule is NC(=O)NC(=O)c1nc(Cl)c(N)nc1N. The maximum absolute atomic E-state index is 11.2. The predicted octanol–water partition coefficient (Wildman–Crippen LogP) is -0.897. The van der Waals surface area contributed by atoms with Crippen LogP contribution in [-0.4, -0.2) is 21.9 Å². The number of primary amides is 1. The number of rotatable bonds is 1. The lowest BCUT2D eigenvalue weighted by atomic mass is 10.4. The van der Waals surface area contributed by atoms with E-state index in [2.05, 4.69) is 9.97 Å². The molecule has 0 bridgehead atoms. The quantitative estimate of drug-likeness (QED) is 0.491. The predicted molar refractivity (Wildman–Crippen MR) is 52.9 cm³/mol. The van der Waals surface area contributed by atoms with E-state index in [1.54, 1.807) is 5.32 Å². The third-order valence-corrected chi connectivity index (χ3v) is 1.63. The van der Waals surface area contributed by atoms with Crippen molar-refractivity contribution in [2.75, 3.05) is 11.5 Å². The lowest BCUT2D eigenvalue weighted by Crippen LogP contribution is -2.36. The number of nitrogen functional groups attached to an aromatic ring is 2. The first-order valence-corrected chi connectivity index (χ1v) is 3.99. The van der Waals surface area contributed by atoms with E-state index in [-0.39, 0.29) is 22.5 Å². The number of nitrogens with one attached hydrogen (secondary N) is 1. The molecule has 9 heteroatoms. The summed E-state index contributed by atoms with van der Waals surface area (Å²) in [4.78, 5) is 28.7. The number of imide groups is 1. The summed E-state index contributed by atoms with van der Waals surface area (Å²) in [7, 11) is 0. The number of urea groups is 1. The zero-order valence-corrected chi connectivity index (χ0v) is 8.08. The number of hydrogen-bond donors (Lipinski definition) is 4. The minimum Gasteiger partial charge on any atom is -0.382 e. The number of carbonyl (C=O) groups is 2. The van der Waals surface area contributed by atoms with Crippen molar-refractivity contribution in [3.8, 4) is 0 Å². The topological polar surface area (TPSA) is 150 Å². The van der Waals surface area contributed by atoms with Crippen LogP contribution < -0.4 is 22.5 Å². The highest BCUT2D eigenvalue weighted by molar-refractivity contribution is 6.31. The fraction of sp³-hybridized carbons (Fsp3) is 0. The number of nitrogens with zero attached hydrogens (tertiary/aromatic N) is 2. The van der Waals surface area contributed by atoms with Crippen molar-refractivity contribution in [2.24, 2.45) is 5.73 Å². The van der Waals surface area contributed by atoms with Crippen molar-refractivity contribution in [1.29, 1.82) is 0 Å². The molecule has 0 aromatic carbocycles. The molecule has 0 aliphatic rings. The van der Waals surface area contributed by atoms with Crippen LogP contribution in [0.15, 0.2) is 0 Å². The molecular formula is C6H7ClN6O2. The van der Waals surface area contributed by atoms with Crippen LogP contribution in [0, 0.1) is 0 Å². The maximum atomic E-state index is 11.2. The van der Waals surface area contributed by atoms with E-state index in [1.165, 1.54) is 0 Å². The fourth-order valence-electron chi connectivity index (χ4n) is 0.780. The zero-order valence-electron chi connectivity index (χ0n) is 7.32. The van der Waals surface area contributed by atoms with Gasteiger partial charge in [0.15, 0.2) is 22.5 Å². The summed E-state index contributed by atoms with van der Waals surface area (Å²) in [5.41, 5.74) is 15.0. The first-order chi connectivity index (χ1) is 6.91. The van der Waals surface area contributed by atoms with Gasteiger partial charge in [0, 0.05) is 0 Å². The summed E-state index contributed by atoms with van der Waals surface area (Å²) in [5, 5.41) is 1.58. The number of aromatic nitrogens is 2. The Labute approximate surface area is 88.8 Å². The van der Waals surface area contributed by atoms with Gasteiger partial charge in [0.25, 0.3) is 5.91 Å². The molecule has 3 amide bonds. The van der Waals surface area contributed by atoms with E-state index in [9.17, 15) is 9.59 Å². The fourth-order valence-corrected chi connectivity index (χ4v) is 0.907. The lowest BCUT2D eigenvalue weighted by Gasteiger charge is -2.04. The zero-order chi connectivity index (χ0) is 11.6. The number of halogens is 1. The number of hydrogen-bond acceptors (Lipinski definition) is 6. The average Bonchev–Trinajstić information content (AvgIpc) is 2.09. The molecule has 0 fully saturated rings. The number of anilines is 2. The largest absolute Gasteiger partial charge is 0.382 e. The van der Waals surface area contributed by atoms with Crippen LogP contribution in [0.25, 0.3) is 0 Å². The molecule has 0 spiro atoms. The Hall–Kier alpha value is -2.09. The highest BCUT2D eigenvalue weighted by Crippen LogP contribution is 2.16. The summed E-state index contributed by atoms with van der Waals surface area (Å²) in [5.74, 6) is -1.24. The number of carbonyl (C=O) groups excluding carboxylic acids is 2. The molecule has 1 heterocycles. The van der Waals surface area contributed by atoms with Crippen molar-refractivity contribution in [3.63, 3.8) is 0 Å². The molecule has 0 unspecified atom stereocenters. The van der Waals surface area contributed by atoms with Crippen LogP contribution in [0.2, 0.25) is 5.15 Å². The molecule has 15 heavy (non-hydrogen) atoms. The van der Waals surface area contributed by atoms with Gasteiger partial charge in [0.2, 0.25) is 0 Å². The number of amides is 3. The van der Waals surface area contributed by atoms with Gasteiger partial charge in [-0.15, -0.1) is 0 Å². The molecule has 0 saturated heterocycles. The molecule has 0 aliphatic carbocycles. The van der Waals surface area contributed by atoms with Crippen molar-refractivity contribution in [1.82, 2.24) is 15.3 Å². The van der Waals surface area contributed by atoms with Gasteiger partial charge >= 0.3 is 6.03 Å². The normalized spacial score (nSPS) is 9.67. The van der Waals surface area contributed by atoms with E-state index >= 15 is 0 Å². The van der Waals surface area contributed by atoms with Gasteiger partial charge in [0.05, 0.1) is 0 Å². The minimum atomic E-state index is -1.03. The number of nitrogens with two attached hydrogens (primary N) is 3. The van der Waals surface area contributed by atoms with Crippen LogP contribution in [0.5, 0.6) is 0 Å². The third kappa shape index (κ3) is 2.44. The Morgan fingerprint density at radius 2 is 1.80 bits per heavy atom. The van der Waals surface area contributed by atoms with Crippen LogP contribution in [0.3, 0.4) is 0 Å². The molecule has 7 N–H and O–H groups in total. The molecule has 0 atom stereocenters. The van der Waals surface area contributed by atoms with E-state index < -0.39 is 11.9 Å². The third-order valence-electron chi connectivity index (χ3n) is 1.36. The summed E-state index contributed by atoms with van der Waals surface area (Å²) >= 11 is 5.52. The summed E-state index contributed by atoms with van der Waals surface area (Å²) in [6.07, 6.45) is 0. The second-order valence-corrected chi connectivity index (χ2v) is 2.81. The monoisotopic (exact) mass is 230 g/mol. The molecule has 0 saturated carbocycles. The van der Waals surface area contributed by atoms with Gasteiger partial charge in [-0.05, 0) is 0 Å². The Morgan fingerprint density at radius 1 is 1.20 bits per heavy atom. The van der Waals surface area contributed by atoms with Crippen molar-refractivity contribution in [3.05, 3.63) is 10.8 Å². The second kappa shape index (κ2) is 3.96. The van der Waals surface area contributed by atoms with Crippen molar-refractivity contribution in [2.45, 2.75) is 0 Å². The molecular weight excluding hydrogens is 224 g/mol. The van der Waals surface area contributed by atoms with Gasteiger partial charge in [-0.1, -0.05) is 11.6 Å². The Balaban J connectivity index is 3.09. The first kappa shape index (κ1) is 11.0. The molecule has 0 aliphatic heterocycles. The van der Waals surface area contributed by atoms with Gasteiger partial charge in [0.1, 0.15) is 0 Å². The minimum absolute atomic E-state index is 0.107. The van der Waals surface area contributed by atoms with E-state index in [1.807, 2.05) is 0 Å². The highest BCUT2D eigenvalue weighted by Gasteiger charge is 2.16. The van der Waals surface area contributed by atoms with Gasteiger partial charge in [-0.2, -0.15) is 0 Å². The van der Waals surface area contributed by atoms with Crippen molar-refractivity contribution >= 4 is 35.2 Å². The Bertz CT molecular complexity index is 434. The molecule has 8 nitrogen and oxygen atoms in total. The molecule has 1 aromatic heterocycles. The highest BCUT2D eigenvalue weighted by atomic mass is 35.5. The Kier molecular flexibility index (Phi) is 2.90. The lowest BCUT2D eigenvalue weighted by molar-refractivity contribution is 0.0962.